The monoisotopic (exact) mass is 339 g/mol. The zero-order valence-electron chi connectivity index (χ0n) is 13.0. The van der Waals surface area contributed by atoms with Crippen LogP contribution in [-0.4, -0.2) is 14.2 Å². The second kappa shape index (κ2) is 7.12. The molecule has 5 heteroatoms. The van der Waals surface area contributed by atoms with Crippen LogP contribution in [0, 0.1) is 0 Å². The number of ether oxygens (including phenoxy) is 2. The Balaban J connectivity index is 2.37. The van der Waals surface area contributed by atoms with Crippen LogP contribution in [-0.2, 0) is 0 Å². The van der Waals surface area contributed by atoms with Gasteiger partial charge in [0.25, 0.3) is 0 Å². The molecule has 0 radical (unpaired) electrons. The molecule has 0 unspecified atom stereocenters. The van der Waals surface area contributed by atoms with Crippen molar-refractivity contribution in [3.8, 4) is 17.2 Å². The first-order chi connectivity index (χ1) is 10.5. The molecule has 0 aliphatic carbocycles. The van der Waals surface area contributed by atoms with E-state index in [1.807, 2.05) is 18.2 Å². The minimum Gasteiger partial charge on any atom is -0.496 e. The third kappa shape index (κ3) is 3.60. The molecular formula is C17H19Cl2NO2. The van der Waals surface area contributed by atoms with E-state index in [4.69, 9.17) is 32.7 Å². The SMILES string of the molecule is CNc1cc(Cl)c(Oc2ccc(OC)c(C(C)C)c2)c(Cl)c1. The van der Waals surface area contributed by atoms with Gasteiger partial charge in [0.1, 0.15) is 11.5 Å². The van der Waals surface area contributed by atoms with Crippen molar-refractivity contribution in [3.05, 3.63) is 45.9 Å². The molecule has 118 valence electrons. The summed E-state index contributed by atoms with van der Waals surface area (Å²) in [4.78, 5) is 0. The van der Waals surface area contributed by atoms with Crippen LogP contribution < -0.4 is 14.8 Å². The predicted molar refractivity (Wildman–Crippen MR) is 93.2 cm³/mol. The minimum absolute atomic E-state index is 0.316. The lowest BCUT2D eigenvalue weighted by Gasteiger charge is -2.15. The standard InChI is InChI=1S/C17H19Cl2NO2/c1-10(2)13-9-12(5-6-16(13)21-4)22-17-14(18)7-11(20-3)8-15(17)19/h5-10,20H,1-4H3. The van der Waals surface area contributed by atoms with Gasteiger partial charge in [-0.2, -0.15) is 0 Å². The zero-order valence-corrected chi connectivity index (χ0v) is 14.5. The summed E-state index contributed by atoms with van der Waals surface area (Å²) in [5, 5.41) is 3.91. The lowest BCUT2D eigenvalue weighted by Crippen LogP contribution is -1.96. The van der Waals surface area contributed by atoms with Crippen molar-refractivity contribution in [1.29, 1.82) is 0 Å². The van der Waals surface area contributed by atoms with Crippen LogP contribution in [0.4, 0.5) is 5.69 Å². The highest BCUT2D eigenvalue weighted by Crippen LogP contribution is 2.40. The van der Waals surface area contributed by atoms with Crippen molar-refractivity contribution in [2.24, 2.45) is 0 Å². The molecule has 1 N–H and O–H groups in total. The van der Waals surface area contributed by atoms with Crippen molar-refractivity contribution in [1.82, 2.24) is 0 Å². The van der Waals surface area contributed by atoms with Gasteiger partial charge < -0.3 is 14.8 Å². The fraction of sp³-hybridized carbons (Fsp3) is 0.294. The lowest BCUT2D eigenvalue weighted by atomic mass is 10.0. The normalized spacial score (nSPS) is 10.7. The van der Waals surface area contributed by atoms with Crippen molar-refractivity contribution in [2.75, 3.05) is 19.5 Å². The number of anilines is 1. The van der Waals surface area contributed by atoms with E-state index in [9.17, 15) is 0 Å². The Morgan fingerprint density at radius 2 is 1.68 bits per heavy atom. The van der Waals surface area contributed by atoms with Gasteiger partial charge in [0.15, 0.2) is 5.75 Å². The summed E-state index contributed by atoms with van der Waals surface area (Å²) in [6.07, 6.45) is 0. The van der Waals surface area contributed by atoms with Crippen molar-refractivity contribution >= 4 is 28.9 Å². The second-order valence-corrected chi connectivity index (χ2v) is 5.99. The van der Waals surface area contributed by atoms with Crippen LogP contribution in [0.5, 0.6) is 17.2 Å². The van der Waals surface area contributed by atoms with E-state index in [1.165, 1.54) is 0 Å². The number of rotatable bonds is 5. The number of hydrogen-bond donors (Lipinski definition) is 1. The molecule has 2 aromatic rings. The summed E-state index contributed by atoms with van der Waals surface area (Å²) in [6, 6.07) is 9.21. The largest absolute Gasteiger partial charge is 0.496 e. The van der Waals surface area contributed by atoms with Gasteiger partial charge in [-0.15, -0.1) is 0 Å². The van der Waals surface area contributed by atoms with Crippen LogP contribution in [0.2, 0.25) is 10.0 Å². The molecular weight excluding hydrogens is 321 g/mol. The number of benzene rings is 2. The van der Waals surface area contributed by atoms with Gasteiger partial charge >= 0.3 is 0 Å². The highest BCUT2D eigenvalue weighted by molar-refractivity contribution is 6.37. The van der Waals surface area contributed by atoms with E-state index in [0.717, 1.165) is 17.0 Å². The van der Waals surface area contributed by atoms with Gasteiger partial charge in [-0.3, -0.25) is 0 Å². The number of halogens is 2. The maximum absolute atomic E-state index is 6.25. The third-order valence-corrected chi connectivity index (χ3v) is 3.89. The predicted octanol–water partition coefficient (Wildman–Crippen LogP) is 5.96. The molecule has 0 aromatic heterocycles. The third-order valence-electron chi connectivity index (χ3n) is 3.33. The molecule has 0 saturated heterocycles. The Labute approximate surface area is 141 Å². The molecule has 0 amide bonds. The second-order valence-electron chi connectivity index (χ2n) is 5.18. The first kappa shape index (κ1) is 16.8. The molecule has 0 fully saturated rings. The smallest absolute Gasteiger partial charge is 0.164 e. The summed E-state index contributed by atoms with van der Waals surface area (Å²) >= 11 is 12.5. The van der Waals surface area contributed by atoms with Crippen LogP contribution in [0.3, 0.4) is 0 Å². The molecule has 0 aliphatic heterocycles. The molecule has 0 heterocycles. The average Bonchev–Trinajstić information content (AvgIpc) is 2.50. The molecule has 2 aromatic carbocycles. The summed E-state index contributed by atoms with van der Waals surface area (Å²) in [7, 11) is 3.47. The van der Waals surface area contributed by atoms with Gasteiger partial charge in [0.05, 0.1) is 17.2 Å². The average molecular weight is 340 g/mol. The van der Waals surface area contributed by atoms with Crippen molar-refractivity contribution < 1.29 is 9.47 Å². The summed E-state index contributed by atoms with van der Waals surface area (Å²) < 4.78 is 11.3. The first-order valence-corrected chi connectivity index (χ1v) is 7.74. The molecule has 22 heavy (non-hydrogen) atoms. The Bertz CT molecular complexity index is 649. The van der Waals surface area contributed by atoms with E-state index in [-0.39, 0.29) is 0 Å². The maximum Gasteiger partial charge on any atom is 0.164 e. The molecule has 2 rings (SSSR count). The quantitative estimate of drug-likeness (QED) is 0.728. The Morgan fingerprint density at radius 3 is 2.18 bits per heavy atom. The van der Waals surface area contributed by atoms with Crippen LogP contribution in [0.1, 0.15) is 25.3 Å². The molecule has 3 nitrogen and oxygen atoms in total. The highest BCUT2D eigenvalue weighted by atomic mass is 35.5. The van der Waals surface area contributed by atoms with Gasteiger partial charge in [-0.25, -0.2) is 0 Å². The molecule has 0 spiro atoms. The summed E-state index contributed by atoms with van der Waals surface area (Å²) in [5.74, 6) is 2.27. The number of hydrogen-bond acceptors (Lipinski definition) is 3. The fourth-order valence-electron chi connectivity index (χ4n) is 2.15. The minimum atomic E-state index is 0.316. The Morgan fingerprint density at radius 1 is 1.05 bits per heavy atom. The zero-order chi connectivity index (χ0) is 16.3. The molecule has 0 saturated carbocycles. The highest BCUT2D eigenvalue weighted by Gasteiger charge is 2.13. The summed E-state index contributed by atoms with van der Waals surface area (Å²) in [5.41, 5.74) is 1.90. The molecule has 0 aliphatic rings. The number of nitrogens with one attached hydrogen (secondary N) is 1. The Hall–Kier alpha value is -1.58. The Kier molecular flexibility index (Phi) is 5.43. The van der Waals surface area contributed by atoms with E-state index in [0.29, 0.717) is 27.5 Å². The van der Waals surface area contributed by atoms with Gasteiger partial charge in [0.2, 0.25) is 0 Å². The van der Waals surface area contributed by atoms with Gasteiger partial charge in [-0.05, 0) is 36.2 Å². The molecule has 0 bridgehead atoms. The van der Waals surface area contributed by atoms with Crippen LogP contribution >= 0.6 is 23.2 Å². The van der Waals surface area contributed by atoms with E-state index in [2.05, 4.69) is 19.2 Å². The van der Waals surface area contributed by atoms with Crippen LogP contribution in [0.25, 0.3) is 0 Å². The van der Waals surface area contributed by atoms with E-state index < -0.39 is 0 Å². The lowest BCUT2D eigenvalue weighted by molar-refractivity contribution is 0.405. The van der Waals surface area contributed by atoms with Gasteiger partial charge in [0, 0.05) is 18.3 Å². The van der Waals surface area contributed by atoms with E-state index >= 15 is 0 Å². The maximum atomic E-state index is 6.25. The van der Waals surface area contributed by atoms with E-state index in [1.54, 1.807) is 26.3 Å². The topological polar surface area (TPSA) is 30.5 Å². The van der Waals surface area contributed by atoms with Crippen LogP contribution in [0.15, 0.2) is 30.3 Å². The molecule has 0 atom stereocenters. The fourth-order valence-corrected chi connectivity index (χ4v) is 2.71. The van der Waals surface area contributed by atoms with Crippen molar-refractivity contribution in [3.63, 3.8) is 0 Å². The van der Waals surface area contributed by atoms with Crippen molar-refractivity contribution in [2.45, 2.75) is 19.8 Å². The van der Waals surface area contributed by atoms with Gasteiger partial charge in [-0.1, -0.05) is 37.0 Å². The summed E-state index contributed by atoms with van der Waals surface area (Å²) in [6.45, 7) is 4.20. The number of methoxy groups -OCH3 is 1. The first-order valence-electron chi connectivity index (χ1n) is 6.98.